The molecule has 0 unspecified atom stereocenters. The fourth-order valence-electron chi connectivity index (χ4n) is 0.880. The molecule has 92 valence electrons. The Balaban J connectivity index is 0.000000366. The maximum Gasteiger partial charge on any atom is 0.330 e. The van der Waals surface area contributed by atoms with E-state index in [0.717, 1.165) is 13.0 Å². The predicted molar refractivity (Wildman–Crippen MR) is 71.6 cm³/mol. The van der Waals surface area contributed by atoms with Crippen molar-refractivity contribution < 1.29 is 9.90 Å². The van der Waals surface area contributed by atoms with E-state index in [0.29, 0.717) is 0 Å². The van der Waals surface area contributed by atoms with Crippen molar-refractivity contribution in [3.8, 4) is 0 Å². The van der Waals surface area contributed by atoms with Gasteiger partial charge in [-0.1, -0.05) is 49.1 Å². The fourth-order valence-corrected chi connectivity index (χ4v) is 0.880. The van der Waals surface area contributed by atoms with Crippen LogP contribution >= 0.6 is 0 Å². The highest BCUT2D eigenvalue weighted by molar-refractivity contribution is 5.84. The zero-order chi connectivity index (χ0) is 13.1. The molecule has 0 bridgehead atoms. The van der Waals surface area contributed by atoms with Crippen molar-refractivity contribution >= 4 is 12.0 Å². The lowest BCUT2D eigenvalue weighted by molar-refractivity contribution is -0.132. The van der Waals surface area contributed by atoms with Gasteiger partial charge in [-0.05, 0) is 25.5 Å². The Bertz CT molecular complexity index is 357. The fraction of sp³-hybridized carbons (Fsp3) is 0.214. The minimum Gasteiger partial charge on any atom is -0.478 e. The van der Waals surface area contributed by atoms with Crippen molar-refractivity contribution in [3.05, 3.63) is 54.1 Å². The van der Waals surface area contributed by atoms with Crippen molar-refractivity contribution in [2.24, 2.45) is 5.73 Å². The molecular weight excluding hydrogens is 214 g/mol. The number of carboxylic acids is 1. The monoisotopic (exact) mass is 233 g/mol. The molecular formula is C14H19NO2. The molecule has 0 atom stereocenters. The van der Waals surface area contributed by atoms with Gasteiger partial charge in [0, 0.05) is 5.57 Å². The van der Waals surface area contributed by atoms with Crippen LogP contribution < -0.4 is 5.73 Å². The number of benzene rings is 1. The summed E-state index contributed by atoms with van der Waals surface area (Å²) in [4.78, 5) is 9.60. The van der Waals surface area contributed by atoms with Gasteiger partial charge in [0.2, 0.25) is 0 Å². The SMILES string of the molecule is C=C(C)C(=O)O.NCCC=Cc1ccccc1. The highest BCUT2D eigenvalue weighted by Gasteiger charge is 1.90. The first-order valence-electron chi connectivity index (χ1n) is 5.38. The van der Waals surface area contributed by atoms with Gasteiger partial charge < -0.3 is 10.8 Å². The van der Waals surface area contributed by atoms with Crippen molar-refractivity contribution in [3.63, 3.8) is 0 Å². The molecule has 0 aliphatic rings. The van der Waals surface area contributed by atoms with E-state index >= 15 is 0 Å². The first kappa shape index (κ1) is 15.1. The van der Waals surface area contributed by atoms with Crippen LogP contribution in [0.2, 0.25) is 0 Å². The molecule has 0 saturated carbocycles. The van der Waals surface area contributed by atoms with Gasteiger partial charge in [0.15, 0.2) is 0 Å². The standard InChI is InChI=1S/C10H13N.C4H6O2/c11-9-5-4-8-10-6-2-1-3-7-10;1-3(2)4(5)6/h1-4,6-8H,5,9,11H2;1H2,2H3,(H,5,6). The number of hydrogen-bond donors (Lipinski definition) is 2. The molecule has 0 heterocycles. The van der Waals surface area contributed by atoms with Crippen LogP contribution in [-0.4, -0.2) is 17.6 Å². The molecule has 0 fully saturated rings. The predicted octanol–water partition coefficient (Wildman–Crippen LogP) is 2.70. The highest BCUT2D eigenvalue weighted by atomic mass is 16.4. The number of hydrogen-bond acceptors (Lipinski definition) is 2. The second-order valence-corrected chi connectivity index (χ2v) is 3.48. The van der Waals surface area contributed by atoms with Crippen LogP contribution in [0.3, 0.4) is 0 Å². The van der Waals surface area contributed by atoms with Crippen LogP contribution in [0.4, 0.5) is 0 Å². The van der Waals surface area contributed by atoms with E-state index in [2.05, 4.69) is 30.9 Å². The number of carboxylic acid groups (broad SMARTS) is 1. The maximum absolute atomic E-state index is 9.60. The summed E-state index contributed by atoms with van der Waals surface area (Å²) in [5.74, 6) is -0.935. The van der Waals surface area contributed by atoms with E-state index in [1.165, 1.54) is 12.5 Å². The minimum atomic E-state index is -0.935. The van der Waals surface area contributed by atoms with Crippen LogP contribution in [0.25, 0.3) is 6.08 Å². The number of nitrogens with two attached hydrogens (primary N) is 1. The Kier molecular flexibility index (Phi) is 8.33. The lowest BCUT2D eigenvalue weighted by Gasteiger charge is -1.89. The van der Waals surface area contributed by atoms with Gasteiger partial charge in [-0.2, -0.15) is 0 Å². The third kappa shape index (κ3) is 9.08. The van der Waals surface area contributed by atoms with Crippen molar-refractivity contribution in [2.45, 2.75) is 13.3 Å². The second-order valence-electron chi connectivity index (χ2n) is 3.48. The highest BCUT2D eigenvalue weighted by Crippen LogP contribution is 2.00. The van der Waals surface area contributed by atoms with Gasteiger partial charge in [0.05, 0.1) is 0 Å². The van der Waals surface area contributed by atoms with E-state index in [-0.39, 0.29) is 5.57 Å². The van der Waals surface area contributed by atoms with E-state index in [9.17, 15) is 4.79 Å². The largest absolute Gasteiger partial charge is 0.478 e. The van der Waals surface area contributed by atoms with Crippen LogP contribution in [0.1, 0.15) is 18.9 Å². The molecule has 0 amide bonds. The summed E-state index contributed by atoms with van der Waals surface area (Å²) in [6.07, 6.45) is 5.14. The van der Waals surface area contributed by atoms with Crippen LogP contribution in [0.5, 0.6) is 0 Å². The number of rotatable bonds is 4. The average molecular weight is 233 g/mol. The molecule has 1 aromatic rings. The van der Waals surface area contributed by atoms with Gasteiger partial charge in [0.1, 0.15) is 0 Å². The number of aliphatic carboxylic acids is 1. The van der Waals surface area contributed by atoms with Gasteiger partial charge in [0.25, 0.3) is 0 Å². The molecule has 0 spiro atoms. The summed E-state index contributed by atoms with van der Waals surface area (Å²) in [5, 5.41) is 7.89. The smallest absolute Gasteiger partial charge is 0.330 e. The third-order valence-electron chi connectivity index (χ3n) is 1.81. The van der Waals surface area contributed by atoms with E-state index in [1.54, 1.807) is 0 Å². The molecule has 3 heteroatoms. The normalized spacial score (nSPS) is 9.53. The van der Waals surface area contributed by atoms with Crippen LogP contribution in [0, 0.1) is 0 Å². The van der Waals surface area contributed by atoms with Gasteiger partial charge in [-0.25, -0.2) is 4.79 Å². The molecule has 0 aromatic heterocycles. The summed E-state index contributed by atoms with van der Waals surface area (Å²) < 4.78 is 0. The van der Waals surface area contributed by atoms with E-state index in [1.807, 2.05) is 18.2 Å². The summed E-state index contributed by atoms with van der Waals surface area (Å²) in [5.41, 5.74) is 6.75. The van der Waals surface area contributed by atoms with Crippen molar-refractivity contribution in [2.75, 3.05) is 6.54 Å². The minimum absolute atomic E-state index is 0.176. The molecule has 0 saturated heterocycles. The van der Waals surface area contributed by atoms with Crippen molar-refractivity contribution in [1.82, 2.24) is 0 Å². The quantitative estimate of drug-likeness (QED) is 0.786. The first-order valence-corrected chi connectivity index (χ1v) is 5.38. The summed E-state index contributed by atoms with van der Waals surface area (Å²) >= 11 is 0. The molecule has 0 aliphatic carbocycles. The van der Waals surface area contributed by atoms with Gasteiger partial charge in [-0.15, -0.1) is 0 Å². The summed E-state index contributed by atoms with van der Waals surface area (Å²) in [6, 6.07) is 10.2. The third-order valence-corrected chi connectivity index (χ3v) is 1.81. The summed E-state index contributed by atoms with van der Waals surface area (Å²) in [7, 11) is 0. The van der Waals surface area contributed by atoms with E-state index < -0.39 is 5.97 Å². The molecule has 1 aromatic carbocycles. The molecule has 3 nitrogen and oxygen atoms in total. The Labute approximate surface area is 102 Å². The van der Waals surface area contributed by atoms with Crippen molar-refractivity contribution in [1.29, 1.82) is 0 Å². The summed E-state index contributed by atoms with van der Waals surface area (Å²) in [6.45, 7) is 5.33. The Morgan fingerprint density at radius 2 is 1.94 bits per heavy atom. The maximum atomic E-state index is 9.60. The lowest BCUT2D eigenvalue weighted by atomic mass is 10.2. The molecule has 3 N–H and O–H groups in total. The lowest BCUT2D eigenvalue weighted by Crippen LogP contribution is -1.94. The topological polar surface area (TPSA) is 63.3 Å². The Hall–Kier alpha value is -1.87. The molecule has 0 aliphatic heterocycles. The zero-order valence-electron chi connectivity index (χ0n) is 10.1. The van der Waals surface area contributed by atoms with Crippen LogP contribution in [-0.2, 0) is 4.79 Å². The first-order chi connectivity index (χ1) is 8.07. The zero-order valence-corrected chi connectivity index (χ0v) is 10.1. The van der Waals surface area contributed by atoms with Gasteiger partial charge >= 0.3 is 5.97 Å². The van der Waals surface area contributed by atoms with Crippen LogP contribution in [0.15, 0.2) is 48.6 Å². The molecule has 1 rings (SSSR count). The molecule has 0 radical (unpaired) electrons. The number of carbonyl (C=O) groups is 1. The van der Waals surface area contributed by atoms with E-state index in [4.69, 9.17) is 10.8 Å². The van der Waals surface area contributed by atoms with Gasteiger partial charge in [-0.3, -0.25) is 0 Å². The average Bonchev–Trinajstić information content (AvgIpc) is 2.31. The Morgan fingerprint density at radius 3 is 2.35 bits per heavy atom. The second kappa shape index (κ2) is 9.36. The Morgan fingerprint density at radius 1 is 1.41 bits per heavy atom. The molecule has 17 heavy (non-hydrogen) atoms.